The highest BCUT2D eigenvalue weighted by Crippen LogP contribution is 2.27. The van der Waals surface area contributed by atoms with E-state index in [1.54, 1.807) is 12.1 Å². The maximum atomic E-state index is 9.31. The van der Waals surface area contributed by atoms with Crippen LogP contribution in [0.3, 0.4) is 0 Å². The maximum absolute atomic E-state index is 9.31. The van der Waals surface area contributed by atoms with Gasteiger partial charge in [0.25, 0.3) is 0 Å². The smallest absolute Gasteiger partial charge is 0.115 e. The quantitative estimate of drug-likeness (QED) is 0.816. The van der Waals surface area contributed by atoms with E-state index in [1.165, 1.54) is 44.1 Å². The van der Waals surface area contributed by atoms with Gasteiger partial charge in [-0.2, -0.15) is 0 Å². The predicted molar refractivity (Wildman–Crippen MR) is 83.0 cm³/mol. The van der Waals surface area contributed by atoms with Crippen LogP contribution >= 0.6 is 0 Å². The molecule has 1 aromatic carbocycles. The summed E-state index contributed by atoms with van der Waals surface area (Å²) in [5.41, 5.74) is 1.08. The first-order chi connectivity index (χ1) is 9.55. The molecular weight excluding hydrogens is 248 g/mol. The van der Waals surface area contributed by atoms with Gasteiger partial charge >= 0.3 is 0 Å². The zero-order valence-electron chi connectivity index (χ0n) is 12.9. The Bertz CT molecular complexity index is 388. The van der Waals surface area contributed by atoms with Gasteiger partial charge in [0.1, 0.15) is 5.75 Å². The molecule has 1 aliphatic rings. The molecule has 0 aromatic heterocycles. The number of phenols is 1. The molecule has 2 heteroatoms. The lowest BCUT2D eigenvalue weighted by Crippen LogP contribution is -2.28. The Morgan fingerprint density at radius 2 is 1.75 bits per heavy atom. The predicted octanol–water partition coefficient (Wildman–Crippen LogP) is 4.70. The van der Waals surface area contributed by atoms with Crippen LogP contribution in [0, 0.1) is 5.92 Å². The number of rotatable bonds is 6. The third kappa shape index (κ3) is 5.16. The fraction of sp³-hybridized carbons (Fsp3) is 0.667. The van der Waals surface area contributed by atoms with Crippen LogP contribution < -0.4 is 0 Å². The van der Waals surface area contributed by atoms with Crippen molar-refractivity contribution in [2.24, 2.45) is 5.92 Å². The van der Waals surface area contributed by atoms with Crippen molar-refractivity contribution < 1.29 is 9.84 Å². The van der Waals surface area contributed by atoms with E-state index in [0.717, 1.165) is 18.9 Å². The molecule has 1 aromatic rings. The summed E-state index contributed by atoms with van der Waals surface area (Å²) in [6.07, 6.45) is 9.10. The SMILES string of the molecule is CC(C)(Cc1ccc(O)cc1)OCCC1CCCCC1. The minimum absolute atomic E-state index is 0.133. The van der Waals surface area contributed by atoms with Gasteiger partial charge in [-0.3, -0.25) is 0 Å². The summed E-state index contributed by atoms with van der Waals surface area (Å²) in [4.78, 5) is 0. The molecule has 1 fully saturated rings. The van der Waals surface area contributed by atoms with Crippen LogP contribution in [-0.2, 0) is 11.2 Å². The van der Waals surface area contributed by atoms with Gasteiger partial charge in [0.2, 0.25) is 0 Å². The van der Waals surface area contributed by atoms with Crippen LogP contribution in [0.5, 0.6) is 5.75 Å². The monoisotopic (exact) mass is 276 g/mol. The molecule has 0 aliphatic heterocycles. The molecule has 0 heterocycles. The first kappa shape index (κ1) is 15.4. The number of aromatic hydroxyl groups is 1. The van der Waals surface area contributed by atoms with Crippen molar-refractivity contribution in [1.82, 2.24) is 0 Å². The van der Waals surface area contributed by atoms with E-state index in [-0.39, 0.29) is 5.60 Å². The lowest BCUT2D eigenvalue weighted by Gasteiger charge is -2.28. The standard InChI is InChI=1S/C18H28O2/c1-18(2,14-16-8-10-17(19)11-9-16)20-13-12-15-6-4-3-5-7-15/h8-11,15,19H,3-7,12-14H2,1-2H3. The highest BCUT2D eigenvalue weighted by molar-refractivity contribution is 5.26. The Labute approximate surface area is 123 Å². The summed E-state index contributed by atoms with van der Waals surface area (Å²) in [6, 6.07) is 7.43. The fourth-order valence-corrected chi connectivity index (χ4v) is 3.13. The van der Waals surface area contributed by atoms with Gasteiger partial charge in [0, 0.05) is 13.0 Å². The van der Waals surface area contributed by atoms with Crippen molar-refractivity contribution in [2.45, 2.75) is 64.4 Å². The molecule has 2 rings (SSSR count). The lowest BCUT2D eigenvalue weighted by atomic mass is 9.87. The Kier molecular flexibility index (Phi) is 5.47. The van der Waals surface area contributed by atoms with Crippen molar-refractivity contribution in [1.29, 1.82) is 0 Å². The third-order valence-corrected chi connectivity index (χ3v) is 4.31. The largest absolute Gasteiger partial charge is 0.508 e. The molecule has 2 nitrogen and oxygen atoms in total. The average molecular weight is 276 g/mol. The number of phenolic OH excluding ortho intramolecular Hbond substituents is 1. The van der Waals surface area contributed by atoms with Crippen LogP contribution in [0.2, 0.25) is 0 Å². The molecule has 112 valence electrons. The van der Waals surface area contributed by atoms with E-state index >= 15 is 0 Å². The van der Waals surface area contributed by atoms with Crippen LogP contribution in [0.4, 0.5) is 0 Å². The zero-order chi connectivity index (χ0) is 14.4. The van der Waals surface area contributed by atoms with Gasteiger partial charge in [-0.15, -0.1) is 0 Å². The number of hydrogen-bond donors (Lipinski definition) is 1. The Morgan fingerprint density at radius 3 is 2.40 bits per heavy atom. The van der Waals surface area contributed by atoms with E-state index in [4.69, 9.17) is 4.74 Å². The summed E-state index contributed by atoms with van der Waals surface area (Å²) in [5, 5.41) is 9.31. The van der Waals surface area contributed by atoms with Gasteiger partial charge in [0.15, 0.2) is 0 Å². The normalized spacial score (nSPS) is 17.3. The minimum atomic E-state index is -0.133. The second-order valence-corrected chi connectivity index (χ2v) is 6.74. The number of ether oxygens (including phenoxy) is 1. The summed E-state index contributed by atoms with van der Waals surface area (Å²) < 4.78 is 6.10. The van der Waals surface area contributed by atoms with Gasteiger partial charge in [-0.25, -0.2) is 0 Å². The van der Waals surface area contributed by atoms with Crippen LogP contribution in [0.1, 0.15) is 57.9 Å². The molecule has 1 aliphatic carbocycles. The molecule has 20 heavy (non-hydrogen) atoms. The molecule has 0 unspecified atom stereocenters. The van der Waals surface area contributed by atoms with Crippen LogP contribution in [0.25, 0.3) is 0 Å². The highest BCUT2D eigenvalue weighted by Gasteiger charge is 2.20. The van der Waals surface area contributed by atoms with E-state index in [2.05, 4.69) is 13.8 Å². The fourth-order valence-electron chi connectivity index (χ4n) is 3.13. The van der Waals surface area contributed by atoms with E-state index in [1.807, 2.05) is 12.1 Å². The molecule has 0 spiro atoms. The van der Waals surface area contributed by atoms with Crippen molar-refractivity contribution in [3.63, 3.8) is 0 Å². The third-order valence-electron chi connectivity index (χ3n) is 4.31. The van der Waals surface area contributed by atoms with Crippen molar-refractivity contribution in [3.05, 3.63) is 29.8 Å². The van der Waals surface area contributed by atoms with Gasteiger partial charge in [-0.05, 0) is 43.9 Å². The second kappa shape index (κ2) is 7.12. The molecular formula is C18H28O2. The first-order valence-corrected chi connectivity index (χ1v) is 7.97. The summed E-state index contributed by atoms with van der Waals surface area (Å²) in [6.45, 7) is 5.18. The second-order valence-electron chi connectivity index (χ2n) is 6.74. The molecule has 1 N–H and O–H groups in total. The van der Waals surface area contributed by atoms with Crippen LogP contribution in [0.15, 0.2) is 24.3 Å². The Hall–Kier alpha value is -1.02. The molecule has 1 saturated carbocycles. The van der Waals surface area contributed by atoms with Gasteiger partial charge in [0.05, 0.1) is 5.60 Å². The van der Waals surface area contributed by atoms with E-state index in [0.29, 0.717) is 5.75 Å². The molecule has 0 amide bonds. The summed E-state index contributed by atoms with van der Waals surface area (Å²) in [5.74, 6) is 1.21. The van der Waals surface area contributed by atoms with E-state index in [9.17, 15) is 5.11 Å². The Balaban J connectivity index is 1.73. The van der Waals surface area contributed by atoms with Gasteiger partial charge < -0.3 is 9.84 Å². The molecule has 0 atom stereocenters. The first-order valence-electron chi connectivity index (χ1n) is 7.97. The number of benzene rings is 1. The summed E-state index contributed by atoms with van der Waals surface area (Å²) in [7, 11) is 0. The number of hydrogen-bond acceptors (Lipinski definition) is 2. The topological polar surface area (TPSA) is 29.5 Å². The van der Waals surface area contributed by atoms with Crippen molar-refractivity contribution >= 4 is 0 Å². The lowest BCUT2D eigenvalue weighted by molar-refractivity contribution is -0.0242. The van der Waals surface area contributed by atoms with Crippen LogP contribution in [-0.4, -0.2) is 17.3 Å². The average Bonchev–Trinajstić information content (AvgIpc) is 2.42. The summed E-state index contributed by atoms with van der Waals surface area (Å²) >= 11 is 0. The highest BCUT2D eigenvalue weighted by atomic mass is 16.5. The van der Waals surface area contributed by atoms with Crippen molar-refractivity contribution in [2.75, 3.05) is 6.61 Å². The maximum Gasteiger partial charge on any atom is 0.115 e. The zero-order valence-corrected chi connectivity index (χ0v) is 12.9. The molecule has 0 saturated heterocycles. The van der Waals surface area contributed by atoms with E-state index < -0.39 is 0 Å². The molecule has 0 radical (unpaired) electrons. The minimum Gasteiger partial charge on any atom is -0.508 e. The van der Waals surface area contributed by atoms with Crippen molar-refractivity contribution in [3.8, 4) is 5.75 Å². The Morgan fingerprint density at radius 1 is 1.10 bits per heavy atom. The molecule has 0 bridgehead atoms. The van der Waals surface area contributed by atoms with Gasteiger partial charge in [-0.1, -0.05) is 44.2 Å².